The molecule has 0 bridgehead atoms. The van der Waals surface area contributed by atoms with E-state index in [1.165, 1.54) is 6.07 Å². The number of sulfonamides is 1. The van der Waals surface area contributed by atoms with E-state index in [1.807, 2.05) is 37.3 Å². The van der Waals surface area contributed by atoms with E-state index in [0.717, 1.165) is 5.56 Å². The van der Waals surface area contributed by atoms with E-state index in [0.29, 0.717) is 12.1 Å². The number of benzene rings is 2. The third-order valence-electron chi connectivity index (χ3n) is 4.32. The van der Waals surface area contributed by atoms with Crippen LogP contribution in [0, 0.1) is 0 Å². The van der Waals surface area contributed by atoms with E-state index in [4.69, 9.17) is 0 Å². The predicted octanol–water partition coefficient (Wildman–Crippen LogP) is 2.03. The minimum absolute atomic E-state index is 0.172. The van der Waals surface area contributed by atoms with E-state index in [-0.39, 0.29) is 22.6 Å². The standard InChI is InChI=1S/C19H21N3O3S/c1-13(15-8-4-3-5-9-15)12-20-19(23)14(2)21-18-16-10-6-7-11-17(16)26(24,25)22-18/h3-11,13-14H,12H2,1-2H3,(H,20,23)(H,21,22)/t13-,14-/m0/s1. The average molecular weight is 371 g/mol. The highest BCUT2D eigenvalue weighted by molar-refractivity contribution is 7.90. The molecule has 7 heteroatoms. The largest absolute Gasteiger partial charge is 0.354 e. The number of carbonyl (C=O) groups is 1. The van der Waals surface area contributed by atoms with Crippen LogP contribution in [0.3, 0.4) is 0 Å². The molecular formula is C19H21N3O3S. The Hall–Kier alpha value is -2.67. The van der Waals surface area contributed by atoms with Gasteiger partial charge >= 0.3 is 0 Å². The van der Waals surface area contributed by atoms with Gasteiger partial charge in [0.05, 0.1) is 4.90 Å². The second kappa shape index (κ2) is 7.29. The third kappa shape index (κ3) is 3.77. The molecule has 2 atom stereocenters. The van der Waals surface area contributed by atoms with Crippen molar-refractivity contribution in [2.45, 2.75) is 30.7 Å². The molecule has 0 aromatic heterocycles. The van der Waals surface area contributed by atoms with E-state index < -0.39 is 16.1 Å². The Morgan fingerprint density at radius 3 is 2.46 bits per heavy atom. The van der Waals surface area contributed by atoms with Crippen LogP contribution < -0.4 is 10.0 Å². The summed E-state index contributed by atoms with van der Waals surface area (Å²) in [5.41, 5.74) is 1.63. The number of rotatable bonds is 5. The maximum absolute atomic E-state index is 12.3. The van der Waals surface area contributed by atoms with Gasteiger partial charge in [0.1, 0.15) is 11.9 Å². The molecule has 0 radical (unpaired) electrons. The molecule has 136 valence electrons. The molecule has 0 saturated heterocycles. The summed E-state index contributed by atoms with van der Waals surface area (Å²) < 4.78 is 26.6. The molecule has 2 aromatic carbocycles. The molecular weight excluding hydrogens is 350 g/mol. The van der Waals surface area contributed by atoms with Gasteiger partial charge in [-0.15, -0.1) is 0 Å². The summed E-state index contributed by atoms with van der Waals surface area (Å²) in [5.74, 6) is 0.133. The lowest BCUT2D eigenvalue weighted by Crippen LogP contribution is -2.35. The fraction of sp³-hybridized carbons (Fsp3) is 0.263. The van der Waals surface area contributed by atoms with Crippen molar-refractivity contribution < 1.29 is 13.2 Å². The maximum atomic E-state index is 12.3. The first-order chi connectivity index (χ1) is 12.4. The molecule has 1 aliphatic heterocycles. The molecule has 2 aromatic rings. The van der Waals surface area contributed by atoms with Crippen LogP contribution in [0.2, 0.25) is 0 Å². The van der Waals surface area contributed by atoms with Crippen molar-refractivity contribution in [2.75, 3.05) is 6.54 Å². The van der Waals surface area contributed by atoms with Gasteiger partial charge in [0, 0.05) is 12.1 Å². The second-order valence-electron chi connectivity index (χ2n) is 6.31. The van der Waals surface area contributed by atoms with Crippen molar-refractivity contribution in [3.63, 3.8) is 0 Å². The predicted molar refractivity (Wildman–Crippen MR) is 101 cm³/mol. The second-order valence-corrected chi connectivity index (χ2v) is 7.96. The summed E-state index contributed by atoms with van der Waals surface area (Å²) in [7, 11) is -3.60. The van der Waals surface area contributed by atoms with Crippen LogP contribution in [0.5, 0.6) is 0 Å². The zero-order chi connectivity index (χ0) is 18.7. The molecule has 3 rings (SSSR count). The van der Waals surface area contributed by atoms with Crippen LogP contribution >= 0.6 is 0 Å². The van der Waals surface area contributed by atoms with Crippen molar-refractivity contribution in [2.24, 2.45) is 4.99 Å². The molecule has 2 N–H and O–H groups in total. The number of hydrogen-bond donors (Lipinski definition) is 2. The highest BCUT2D eigenvalue weighted by Gasteiger charge is 2.31. The van der Waals surface area contributed by atoms with Gasteiger partial charge < -0.3 is 5.32 Å². The zero-order valence-corrected chi connectivity index (χ0v) is 15.5. The highest BCUT2D eigenvalue weighted by atomic mass is 32.2. The number of amides is 1. The van der Waals surface area contributed by atoms with E-state index >= 15 is 0 Å². The molecule has 0 unspecified atom stereocenters. The Kier molecular flexibility index (Phi) is 5.08. The van der Waals surface area contributed by atoms with Crippen LogP contribution in [0.25, 0.3) is 0 Å². The number of nitrogens with one attached hydrogen (secondary N) is 2. The quantitative estimate of drug-likeness (QED) is 0.843. The number of amidine groups is 1. The lowest BCUT2D eigenvalue weighted by atomic mass is 10.0. The molecule has 1 aliphatic rings. The first kappa shape index (κ1) is 18.1. The SMILES string of the molecule is C[C@H](N=C1NS(=O)(=O)c2ccccc21)C(=O)NC[C@H](C)c1ccccc1. The lowest BCUT2D eigenvalue weighted by molar-refractivity contribution is -0.121. The molecule has 0 aliphatic carbocycles. The summed E-state index contributed by atoms with van der Waals surface area (Å²) in [5, 5.41) is 2.88. The van der Waals surface area contributed by atoms with E-state index in [1.54, 1.807) is 25.1 Å². The van der Waals surface area contributed by atoms with Gasteiger partial charge in [-0.25, -0.2) is 8.42 Å². The summed E-state index contributed by atoms with van der Waals surface area (Å²) in [6.45, 7) is 4.17. The Morgan fingerprint density at radius 1 is 1.08 bits per heavy atom. The van der Waals surface area contributed by atoms with Crippen molar-refractivity contribution in [3.05, 3.63) is 65.7 Å². The number of fused-ring (bicyclic) bond motifs is 1. The van der Waals surface area contributed by atoms with E-state index in [9.17, 15) is 13.2 Å². The molecule has 1 amide bonds. The summed E-state index contributed by atoms with van der Waals surface area (Å²) >= 11 is 0. The fourth-order valence-corrected chi connectivity index (χ4v) is 4.02. The maximum Gasteiger partial charge on any atom is 0.263 e. The van der Waals surface area contributed by atoms with Crippen molar-refractivity contribution in [1.82, 2.24) is 10.0 Å². The fourth-order valence-electron chi connectivity index (χ4n) is 2.78. The number of nitrogens with zero attached hydrogens (tertiary/aromatic N) is 1. The van der Waals surface area contributed by atoms with Crippen LogP contribution in [-0.2, 0) is 14.8 Å². The minimum Gasteiger partial charge on any atom is -0.354 e. The van der Waals surface area contributed by atoms with Gasteiger partial charge in [-0.1, -0.05) is 49.4 Å². The van der Waals surface area contributed by atoms with Crippen molar-refractivity contribution in [1.29, 1.82) is 0 Å². The molecule has 0 spiro atoms. The van der Waals surface area contributed by atoms with Crippen LogP contribution in [0.4, 0.5) is 0 Å². The summed E-state index contributed by atoms with van der Waals surface area (Å²) in [4.78, 5) is 16.8. The highest BCUT2D eigenvalue weighted by Crippen LogP contribution is 2.22. The van der Waals surface area contributed by atoms with Gasteiger partial charge in [-0.05, 0) is 30.5 Å². The van der Waals surface area contributed by atoms with Crippen LogP contribution in [0.15, 0.2) is 64.5 Å². The van der Waals surface area contributed by atoms with Gasteiger partial charge in [-0.2, -0.15) is 0 Å². The van der Waals surface area contributed by atoms with Crippen LogP contribution in [0.1, 0.15) is 30.9 Å². The molecule has 6 nitrogen and oxygen atoms in total. The van der Waals surface area contributed by atoms with Crippen molar-refractivity contribution >= 4 is 21.8 Å². The number of carbonyl (C=O) groups excluding carboxylic acids is 1. The smallest absolute Gasteiger partial charge is 0.263 e. The third-order valence-corrected chi connectivity index (χ3v) is 5.71. The lowest BCUT2D eigenvalue weighted by Gasteiger charge is -2.15. The Labute approximate surface area is 153 Å². The Morgan fingerprint density at radius 2 is 1.73 bits per heavy atom. The average Bonchev–Trinajstić information content (AvgIpc) is 2.90. The topological polar surface area (TPSA) is 87.6 Å². The first-order valence-electron chi connectivity index (χ1n) is 8.41. The number of hydrogen-bond acceptors (Lipinski definition) is 4. The van der Waals surface area contributed by atoms with Gasteiger partial charge in [-0.3, -0.25) is 14.5 Å². The minimum atomic E-state index is -3.60. The molecule has 26 heavy (non-hydrogen) atoms. The molecule has 0 saturated carbocycles. The van der Waals surface area contributed by atoms with Gasteiger partial charge in [0.2, 0.25) is 5.91 Å². The van der Waals surface area contributed by atoms with E-state index in [2.05, 4.69) is 15.0 Å². The summed E-state index contributed by atoms with van der Waals surface area (Å²) in [6.07, 6.45) is 0. The Bertz CT molecular complexity index is 940. The van der Waals surface area contributed by atoms with Gasteiger partial charge in [0.25, 0.3) is 10.0 Å². The molecule has 1 heterocycles. The van der Waals surface area contributed by atoms with Crippen molar-refractivity contribution in [3.8, 4) is 0 Å². The monoisotopic (exact) mass is 371 g/mol. The zero-order valence-electron chi connectivity index (χ0n) is 14.6. The molecule has 0 fully saturated rings. The van der Waals surface area contributed by atoms with Gasteiger partial charge in [0.15, 0.2) is 0 Å². The number of aliphatic imine (C=N–C) groups is 1. The first-order valence-corrected chi connectivity index (χ1v) is 9.89. The normalized spacial score (nSPS) is 18.6. The Balaban J connectivity index is 1.67. The summed E-state index contributed by atoms with van der Waals surface area (Å²) in [6, 6.07) is 15.8. The van der Waals surface area contributed by atoms with Crippen LogP contribution in [-0.4, -0.2) is 32.7 Å².